The SMILES string of the molecule is Cl.O=C(C1CCCN1)N1CCN(C2CCCCC2)CC1. The number of halogens is 1. The van der Waals surface area contributed by atoms with Gasteiger partial charge in [-0.1, -0.05) is 19.3 Å². The van der Waals surface area contributed by atoms with Crippen LogP contribution in [0.3, 0.4) is 0 Å². The van der Waals surface area contributed by atoms with E-state index in [4.69, 9.17) is 0 Å². The molecule has 1 atom stereocenters. The van der Waals surface area contributed by atoms with Crippen LogP contribution < -0.4 is 5.32 Å². The summed E-state index contributed by atoms with van der Waals surface area (Å²) in [5, 5.41) is 3.32. The predicted octanol–water partition coefficient (Wildman–Crippen LogP) is 1.64. The maximum Gasteiger partial charge on any atom is 0.239 e. The second-order valence-electron chi connectivity index (χ2n) is 6.30. The second-order valence-corrected chi connectivity index (χ2v) is 6.30. The van der Waals surface area contributed by atoms with Crippen LogP contribution in [0.5, 0.6) is 0 Å². The number of hydrogen-bond donors (Lipinski definition) is 1. The Morgan fingerprint density at radius 2 is 1.60 bits per heavy atom. The molecule has 3 rings (SSSR count). The van der Waals surface area contributed by atoms with Crippen LogP contribution in [0.2, 0.25) is 0 Å². The standard InChI is InChI=1S/C15H27N3O.ClH/c19-15(14-7-4-8-16-14)18-11-9-17(10-12-18)13-5-2-1-3-6-13;/h13-14,16H,1-12H2;1H. The van der Waals surface area contributed by atoms with Gasteiger partial charge in [-0.2, -0.15) is 0 Å². The number of carbonyl (C=O) groups excluding carboxylic acids is 1. The summed E-state index contributed by atoms with van der Waals surface area (Å²) in [6, 6.07) is 0.914. The Bertz CT molecular complexity index is 306. The van der Waals surface area contributed by atoms with Gasteiger partial charge in [-0.3, -0.25) is 9.69 Å². The Kier molecular flexibility index (Phi) is 6.12. The first-order chi connectivity index (χ1) is 9.34. The van der Waals surface area contributed by atoms with Crippen molar-refractivity contribution in [3.05, 3.63) is 0 Å². The first kappa shape index (κ1) is 16.1. The molecule has 1 amide bonds. The van der Waals surface area contributed by atoms with Gasteiger partial charge in [0.25, 0.3) is 0 Å². The Morgan fingerprint density at radius 1 is 0.900 bits per heavy atom. The lowest BCUT2D eigenvalue weighted by atomic mass is 9.94. The first-order valence-electron chi connectivity index (χ1n) is 8.11. The highest BCUT2D eigenvalue weighted by molar-refractivity contribution is 5.85. The summed E-state index contributed by atoms with van der Waals surface area (Å²) in [6.07, 6.45) is 9.14. The van der Waals surface area contributed by atoms with Gasteiger partial charge in [0.05, 0.1) is 6.04 Å². The first-order valence-corrected chi connectivity index (χ1v) is 8.11. The van der Waals surface area contributed by atoms with E-state index in [1.54, 1.807) is 0 Å². The van der Waals surface area contributed by atoms with Crippen LogP contribution in [0.15, 0.2) is 0 Å². The predicted molar refractivity (Wildman–Crippen MR) is 83.3 cm³/mol. The van der Waals surface area contributed by atoms with E-state index in [0.29, 0.717) is 5.91 Å². The van der Waals surface area contributed by atoms with Crippen LogP contribution >= 0.6 is 12.4 Å². The van der Waals surface area contributed by atoms with Crippen LogP contribution in [0.1, 0.15) is 44.9 Å². The zero-order valence-corrected chi connectivity index (χ0v) is 13.2. The molecule has 20 heavy (non-hydrogen) atoms. The number of rotatable bonds is 2. The fourth-order valence-electron chi connectivity index (χ4n) is 3.87. The molecule has 0 aromatic heterocycles. The van der Waals surface area contributed by atoms with Gasteiger partial charge in [0.1, 0.15) is 0 Å². The maximum atomic E-state index is 12.3. The van der Waals surface area contributed by atoms with Gasteiger partial charge < -0.3 is 10.2 Å². The van der Waals surface area contributed by atoms with Crippen LogP contribution in [0.4, 0.5) is 0 Å². The summed E-state index contributed by atoms with van der Waals surface area (Å²) in [5.41, 5.74) is 0. The molecule has 1 saturated carbocycles. The molecule has 2 heterocycles. The molecule has 1 unspecified atom stereocenters. The minimum Gasteiger partial charge on any atom is -0.339 e. The third-order valence-electron chi connectivity index (χ3n) is 5.08. The molecular formula is C15H28ClN3O. The van der Waals surface area contributed by atoms with Crippen molar-refractivity contribution in [2.24, 2.45) is 0 Å². The molecule has 4 nitrogen and oxygen atoms in total. The molecule has 1 aliphatic carbocycles. The van der Waals surface area contributed by atoms with Crippen molar-refractivity contribution in [3.63, 3.8) is 0 Å². The monoisotopic (exact) mass is 301 g/mol. The molecule has 1 N–H and O–H groups in total. The van der Waals surface area contributed by atoms with E-state index in [2.05, 4.69) is 15.1 Å². The van der Waals surface area contributed by atoms with Crippen molar-refractivity contribution in [3.8, 4) is 0 Å². The number of nitrogens with one attached hydrogen (secondary N) is 1. The van der Waals surface area contributed by atoms with Crippen molar-refractivity contribution in [1.82, 2.24) is 15.1 Å². The number of piperazine rings is 1. The fraction of sp³-hybridized carbons (Fsp3) is 0.933. The summed E-state index contributed by atoms with van der Waals surface area (Å²) in [7, 11) is 0. The summed E-state index contributed by atoms with van der Waals surface area (Å²) in [5.74, 6) is 0.348. The van der Waals surface area contributed by atoms with Gasteiger partial charge in [0.15, 0.2) is 0 Å². The number of hydrogen-bond acceptors (Lipinski definition) is 3. The van der Waals surface area contributed by atoms with Gasteiger partial charge in [-0.15, -0.1) is 12.4 Å². The molecule has 0 aromatic carbocycles. The van der Waals surface area contributed by atoms with Gasteiger partial charge in [0, 0.05) is 32.2 Å². The number of amides is 1. The maximum absolute atomic E-state index is 12.3. The molecular weight excluding hydrogens is 274 g/mol. The van der Waals surface area contributed by atoms with E-state index in [0.717, 1.165) is 51.6 Å². The largest absolute Gasteiger partial charge is 0.339 e. The van der Waals surface area contributed by atoms with E-state index in [-0.39, 0.29) is 18.4 Å². The van der Waals surface area contributed by atoms with Crippen molar-refractivity contribution < 1.29 is 4.79 Å². The lowest BCUT2D eigenvalue weighted by Crippen LogP contribution is -2.55. The van der Waals surface area contributed by atoms with Crippen LogP contribution in [-0.4, -0.2) is 60.5 Å². The third-order valence-corrected chi connectivity index (χ3v) is 5.08. The average Bonchev–Trinajstić information content (AvgIpc) is 3.02. The normalized spacial score (nSPS) is 29.2. The minimum absolute atomic E-state index is 0. The zero-order chi connectivity index (χ0) is 13.1. The average molecular weight is 302 g/mol. The summed E-state index contributed by atoms with van der Waals surface area (Å²) < 4.78 is 0. The van der Waals surface area contributed by atoms with Crippen molar-refractivity contribution >= 4 is 18.3 Å². The highest BCUT2D eigenvalue weighted by Crippen LogP contribution is 2.23. The molecule has 0 bridgehead atoms. The van der Waals surface area contributed by atoms with Gasteiger partial charge >= 0.3 is 0 Å². The Morgan fingerprint density at radius 3 is 2.20 bits per heavy atom. The van der Waals surface area contributed by atoms with Gasteiger partial charge in [-0.25, -0.2) is 0 Å². The van der Waals surface area contributed by atoms with Crippen molar-refractivity contribution in [1.29, 1.82) is 0 Å². The molecule has 2 aliphatic heterocycles. The Labute approximate surface area is 128 Å². The Balaban J connectivity index is 0.00000147. The van der Waals surface area contributed by atoms with Crippen molar-refractivity contribution in [2.45, 2.75) is 57.0 Å². The van der Waals surface area contributed by atoms with E-state index < -0.39 is 0 Å². The number of nitrogens with zero attached hydrogens (tertiary/aromatic N) is 2. The highest BCUT2D eigenvalue weighted by atomic mass is 35.5. The van der Waals surface area contributed by atoms with Gasteiger partial charge in [-0.05, 0) is 32.2 Å². The summed E-state index contributed by atoms with van der Waals surface area (Å²) in [6.45, 7) is 5.06. The molecule has 0 aromatic rings. The molecule has 0 radical (unpaired) electrons. The molecule has 0 spiro atoms. The van der Waals surface area contributed by atoms with Crippen LogP contribution in [0.25, 0.3) is 0 Å². The summed E-state index contributed by atoms with van der Waals surface area (Å²) >= 11 is 0. The van der Waals surface area contributed by atoms with Gasteiger partial charge in [0.2, 0.25) is 5.91 Å². The Hall–Kier alpha value is -0.320. The van der Waals surface area contributed by atoms with Crippen molar-refractivity contribution in [2.75, 3.05) is 32.7 Å². The van der Waals surface area contributed by atoms with E-state index >= 15 is 0 Å². The topological polar surface area (TPSA) is 35.6 Å². The highest BCUT2D eigenvalue weighted by Gasteiger charge is 2.31. The van der Waals surface area contributed by atoms with Crippen LogP contribution in [-0.2, 0) is 4.79 Å². The lowest BCUT2D eigenvalue weighted by Gasteiger charge is -2.41. The fourth-order valence-corrected chi connectivity index (χ4v) is 3.87. The summed E-state index contributed by atoms with van der Waals surface area (Å²) in [4.78, 5) is 17.0. The van der Waals surface area contributed by atoms with Crippen LogP contribution in [0, 0.1) is 0 Å². The molecule has 3 aliphatic rings. The van der Waals surface area contributed by atoms with E-state index in [1.165, 1.54) is 32.1 Å². The minimum atomic E-state index is 0. The van der Waals surface area contributed by atoms with E-state index in [9.17, 15) is 4.79 Å². The third kappa shape index (κ3) is 3.66. The lowest BCUT2D eigenvalue weighted by molar-refractivity contribution is -0.135. The van der Waals surface area contributed by atoms with E-state index in [1.807, 2.05) is 0 Å². The zero-order valence-electron chi connectivity index (χ0n) is 12.4. The molecule has 3 fully saturated rings. The number of carbonyl (C=O) groups is 1. The molecule has 5 heteroatoms. The smallest absolute Gasteiger partial charge is 0.239 e. The molecule has 116 valence electrons. The molecule has 2 saturated heterocycles. The second kappa shape index (κ2) is 7.62. The quantitative estimate of drug-likeness (QED) is 0.842.